The van der Waals surface area contributed by atoms with Gasteiger partial charge in [0.25, 0.3) is 0 Å². The molecule has 0 saturated heterocycles. The van der Waals surface area contributed by atoms with Gasteiger partial charge in [0.1, 0.15) is 11.3 Å². The molecular formula is C24H32NO3Y-. The third kappa shape index (κ3) is 7.06. The maximum Gasteiger partial charge on any atom is 0.340 e. The van der Waals surface area contributed by atoms with Crippen LogP contribution in [0, 0.1) is 13.8 Å². The summed E-state index contributed by atoms with van der Waals surface area (Å²) in [5.74, 6) is 0.102. The Balaban J connectivity index is 0.00000120. The van der Waals surface area contributed by atoms with Crippen LogP contribution < -0.4 is 5.63 Å². The molecule has 3 rings (SSSR count). The molecule has 0 aliphatic heterocycles. The minimum Gasteiger partial charge on any atom is -0.668 e. The van der Waals surface area contributed by atoms with Gasteiger partial charge in [0, 0.05) is 56.1 Å². The molecule has 29 heavy (non-hydrogen) atoms. The SMILES string of the molecule is CC.CCc1c(Cc2cccc(C)c2C)c(=O)oc2cc(O)ccc12.C[N-]C.[Y]. The van der Waals surface area contributed by atoms with Crippen LogP contribution in [0.15, 0.2) is 45.6 Å². The summed E-state index contributed by atoms with van der Waals surface area (Å²) in [6, 6.07) is 11.1. The van der Waals surface area contributed by atoms with E-state index in [0.717, 1.165) is 22.9 Å². The Labute approximate surface area is 199 Å². The molecule has 4 nitrogen and oxygen atoms in total. The molecule has 1 aromatic heterocycles. The van der Waals surface area contributed by atoms with Crippen molar-refractivity contribution < 1.29 is 42.2 Å². The molecule has 0 bridgehead atoms. The number of hydrogen-bond donors (Lipinski definition) is 1. The first kappa shape index (κ1) is 27.5. The summed E-state index contributed by atoms with van der Waals surface area (Å²) in [5, 5.41) is 14.0. The van der Waals surface area contributed by atoms with Crippen molar-refractivity contribution >= 4 is 11.0 Å². The Morgan fingerprint density at radius 1 is 1.03 bits per heavy atom. The first-order valence-electron chi connectivity index (χ1n) is 9.73. The molecule has 3 aromatic rings. The molecule has 1 radical (unpaired) electrons. The summed E-state index contributed by atoms with van der Waals surface area (Å²) in [5.41, 5.74) is 5.40. The monoisotopic (exact) mass is 471 g/mol. The summed E-state index contributed by atoms with van der Waals surface area (Å²) in [4.78, 5) is 12.5. The third-order valence-corrected chi connectivity index (χ3v) is 4.54. The second kappa shape index (κ2) is 13.7. The second-order valence-corrected chi connectivity index (χ2v) is 6.36. The van der Waals surface area contributed by atoms with Gasteiger partial charge in [-0.3, -0.25) is 0 Å². The largest absolute Gasteiger partial charge is 0.668 e. The molecule has 1 heterocycles. The van der Waals surface area contributed by atoms with Crippen LogP contribution in [0.5, 0.6) is 5.75 Å². The molecule has 0 fully saturated rings. The molecule has 0 aliphatic carbocycles. The summed E-state index contributed by atoms with van der Waals surface area (Å²) >= 11 is 0. The van der Waals surface area contributed by atoms with Crippen molar-refractivity contribution in [3.05, 3.63) is 80.0 Å². The zero-order valence-electron chi connectivity index (χ0n) is 18.7. The number of benzene rings is 2. The average molecular weight is 471 g/mol. The van der Waals surface area contributed by atoms with Gasteiger partial charge in [0.2, 0.25) is 0 Å². The molecule has 5 heteroatoms. The van der Waals surface area contributed by atoms with Crippen molar-refractivity contribution in [2.75, 3.05) is 14.1 Å². The number of nitrogens with zero attached hydrogens (tertiary/aromatic N) is 1. The first-order chi connectivity index (χ1) is 13.4. The zero-order chi connectivity index (χ0) is 21.3. The van der Waals surface area contributed by atoms with Crippen molar-refractivity contribution in [1.82, 2.24) is 0 Å². The van der Waals surface area contributed by atoms with Gasteiger partial charge in [-0.05, 0) is 54.7 Å². The Hall–Kier alpha value is -1.49. The second-order valence-electron chi connectivity index (χ2n) is 6.36. The number of aromatic hydroxyl groups is 1. The van der Waals surface area contributed by atoms with E-state index in [9.17, 15) is 9.90 Å². The standard InChI is InChI=1S/C20H20O3.C2H6N.C2H6.Y/c1-4-16-17-9-8-15(21)11-19(17)23-20(22)18(16)10-14-7-5-6-12(2)13(14)3;1-3-2;1-2;/h5-9,11,21H,4,10H2,1-3H3;1-2H3;1-2H3;/q;-1;;. The molecule has 0 saturated carbocycles. The maximum absolute atomic E-state index is 12.5. The summed E-state index contributed by atoms with van der Waals surface area (Å²) in [7, 11) is 3.50. The molecule has 0 atom stereocenters. The normalized spacial score (nSPS) is 9.62. The van der Waals surface area contributed by atoms with Crippen LogP contribution in [0.4, 0.5) is 0 Å². The zero-order valence-corrected chi connectivity index (χ0v) is 21.5. The third-order valence-electron chi connectivity index (χ3n) is 4.54. The molecular weight excluding hydrogens is 439 g/mol. The number of aryl methyl sites for hydroxylation is 2. The number of phenolic OH excluding ortho intramolecular Hbond substituents is 1. The molecule has 0 spiro atoms. The van der Waals surface area contributed by atoms with Crippen LogP contribution in [0.1, 0.15) is 48.6 Å². The van der Waals surface area contributed by atoms with Gasteiger partial charge in [-0.1, -0.05) is 39.0 Å². The summed E-state index contributed by atoms with van der Waals surface area (Å²) in [6.07, 6.45) is 1.31. The van der Waals surface area contributed by atoms with E-state index in [1.54, 1.807) is 20.2 Å². The Morgan fingerprint density at radius 3 is 2.24 bits per heavy atom. The Kier molecular flexibility index (Phi) is 13.0. The molecule has 0 unspecified atom stereocenters. The number of phenols is 1. The minimum atomic E-state index is -0.319. The fourth-order valence-corrected chi connectivity index (χ4v) is 3.07. The van der Waals surface area contributed by atoms with Gasteiger partial charge in [0.05, 0.1) is 0 Å². The number of hydrogen-bond acceptors (Lipinski definition) is 3. The average Bonchev–Trinajstić information content (AvgIpc) is 2.68. The van der Waals surface area contributed by atoms with Gasteiger partial charge in [-0.2, -0.15) is 14.1 Å². The van der Waals surface area contributed by atoms with Gasteiger partial charge >= 0.3 is 5.63 Å². The van der Waals surface area contributed by atoms with Gasteiger partial charge in [0.15, 0.2) is 0 Å². The van der Waals surface area contributed by atoms with E-state index >= 15 is 0 Å². The fraction of sp³-hybridized carbons (Fsp3) is 0.375. The van der Waals surface area contributed by atoms with E-state index in [-0.39, 0.29) is 44.1 Å². The van der Waals surface area contributed by atoms with Crippen LogP contribution >= 0.6 is 0 Å². The number of rotatable bonds is 3. The molecule has 0 amide bonds. The van der Waals surface area contributed by atoms with Crippen molar-refractivity contribution in [2.45, 2.75) is 47.5 Å². The molecule has 2 aromatic carbocycles. The molecule has 1 N–H and O–H groups in total. The molecule has 155 valence electrons. The topological polar surface area (TPSA) is 64.5 Å². The first-order valence-corrected chi connectivity index (χ1v) is 9.73. The van der Waals surface area contributed by atoms with Crippen molar-refractivity contribution in [2.24, 2.45) is 0 Å². The van der Waals surface area contributed by atoms with Crippen LogP contribution in [0.2, 0.25) is 0 Å². The predicted molar refractivity (Wildman–Crippen MR) is 119 cm³/mol. The summed E-state index contributed by atoms with van der Waals surface area (Å²) in [6.45, 7) is 10.2. The van der Waals surface area contributed by atoms with Crippen molar-refractivity contribution in [3.63, 3.8) is 0 Å². The van der Waals surface area contributed by atoms with Crippen LogP contribution in [-0.2, 0) is 45.6 Å². The van der Waals surface area contributed by atoms with Crippen molar-refractivity contribution in [1.29, 1.82) is 0 Å². The van der Waals surface area contributed by atoms with Crippen molar-refractivity contribution in [3.8, 4) is 5.75 Å². The van der Waals surface area contributed by atoms with E-state index in [1.165, 1.54) is 17.2 Å². The fourth-order valence-electron chi connectivity index (χ4n) is 3.07. The van der Waals surface area contributed by atoms with Gasteiger partial charge in [-0.15, -0.1) is 0 Å². The van der Waals surface area contributed by atoms with Crippen LogP contribution in [0.3, 0.4) is 0 Å². The minimum absolute atomic E-state index is 0. The quantitative estimate of drug-likeness (QED) is 0.483. The van der Waals surface area contributed by atoms with Gasteiger partial charge in [-0.25, -0.2) is 4.79 Å². The smallest absolute Gasteiger partial charge is 0.340 e. The van der Waals surface area contributed by atoms with Crippen LogP contribution in [-0.4, -0.2) is 19.2 Å². The molecule has 0 aliphatic rings. The Bertz CT molecular complexity index is 964. The van der Waals surface area contributed by atoms with Crippen LogP contribution in [0.25, 0.3) is 16.3 Å². The number of fused-ring (bicyclic) bond motifs is 1. The van der Waals surface area contributed by atoms with E-state index in [4.69, 9.17) is 4.42 Å². The van der Waals surface area contributed by atoms with E-state index < -0.39 is 0 Å². The van der Waals surface area contributed by atoms with Gasteiger partial charge < -0.3 is 14.8 Å². The van der Waals surface area contributed by atoms with E-state index in [2.05, 4.69) is 31.3 Å². The maximum atomic E-state index is 12.5. The van der Waals surface area contributed by atoms with E-state index in [0.29, 0.717) is 17.6 Å². The Morgan fingerprint density at radius 2 is 1.66 bits per heavy atom. The van der Waals surface area contributed by atoms with E-state index in [1.807, 2.05) is 32.9 Å². The predicted octanol–water partition coefficient (Wildman–Crippen LogP) is 5.91. The summed E-state index contributed by atoms with van der Waals surface area (Å²) < 4.78 is 5.44.